The fourth-order valence-corrected chi connectivity index (χ4v) is 2.88. The number of hydrogen-bond acceptors (Lipinski definition) is 3. The SMILES string of the molecule is CC1CCCCC1NC(=O)/C=C/c1cn(C)c(=O)n(C)c1=O. The summed E-state index contributed by atoms with van der Waals surface area (Å²) in [6.45, 7) is 2.15. The minimum absolute atomic E-state index is 0.199. The Bertz CT molecular complexity index is 700. The lowest BCUT2D eigenvalue weighted by molar-refractivity contribution is -0.117. The normalized spacial score (nSPS) is 22.0. The number of nitrogens with one attached hydrogen (secondary N) is 1. The molecule has 0 spiro atoms. The van der Waals surface area contributed by atoms with Crippen molar-refractivity contribution in [2.24, 2.45) is 20.0 Å². The number of hydrogen-bond donors (Lipinski definition) is 1. The van der Waals surface area contributed by atoms with Gasteiger partial charge >= 0.3 is 5.69 Å². The quantitative estimate of drug-likeness (QED) is 0.839. The van der Waals surface area contributed by atoms with Crippen molar-refractivity contribution < 1.29 is 4.79 Å². The lowest BCUT2D eigenvalue weighted by atomic mass is 9.86. The summed E-state index contributed by atoms with van der Waals surface area (Å²) in [6, 6.07) is 0.203. The average molecular weight is 305 g/mol. The van der Waals surface area contributed by atoms with Gasteiger partial charge in [0, 0.05) is 32.4 Å². The maximum absolute atomic E-state index is 12.0. The van der Waals surface area contributed by atoms with Crippen molar-refractivity contribution in [1.82, 2.24) is 14.5 Å². The third-order valence-electron chi connectivity index (χ3n) is 4.33. The molecule has 1 aromatic rings. The Morgan fingerprint density at radius 3 is 2.64 bits per heavy atom. The molecule has 0 bridgehead atoms. The van der Waals surface area contributed by atoms with Crippen molar-refractivity contribution in [1.29, 1.82) is 0 Å². The monoisotopic (exact) mass is 305 g/mol. The topological polar surface area (TPSA) is 73.1 Å². The van der Waals surface area contributed by atoms with Crippen LogP contribution in [0.5, 0.6) is 0 Å². The number of nitrogens with zero attached hydrogens (tertiary/aromatic N) is 2. The first-order chi connectivity index (χ1) is 10.4. The summed E-state index contributed by atoms with van der Waals surface area (Å²) in [6.07, 6.45) is 8.76. The van der Waals surface area contributed by atoms with E-state index in [2.05, 4.69) is 12.2 Å². The van der Waals surface area contributed by atoms with Crippen LogP contribution in [0, 0.1) is 5.92 Å². The number of carbonyl (C=O) groups is 1. The molecule has 2 unspecified atom stereocenters. The molecule has 1 aliphatic rings. The summed E-state index contributed by atoms with van der Waals surface area (Å²) in [7, 11) is 2.99. The first-order valence-electron chi connectivity index (χ1n) is 7.65. The van der Waals surface area contributed by atoms with E-state index < -0.39 is 5.56 Å². The van der Waals surface area contributed by atoms with Crippen molar-refractivity contribution in [2.75, 3.05) is 0 Å². The molecular weight excluding hydrogens is 282 g/mol. The van der Waals surface area contributed by atoms with Crippen molar-refractivity contribution in [3.8, 4) is 0 Å². The third-order valence-corrected chi connectivity index (χ3v) is 4.33. The van der Waals surface area contributed by atoms with Gasteiger partial charge in [-0.3, -0.25) is 14.2 Å². The number of aryl methyl sites for hydroxylation is 1. The van der Waals surface area contributed by atoms with Crippen LogP contribution in [-0.4, -0.2) is 21.1 Å². The molecule has 0 aliphatic heterocycles. The molecule has 2 rings (SSSR count). The van der Waals surface area contributed by atoms with E-state index in [0.717, 1.165) is 23.8 Å². The molecule has 22 heavy (non-hydrogen) atoms. The number of aromatic nitrogens is 2. The molecule has 0 radical (unpaired) electrons. The largest absolute Gasteiger partial charge is 0.350 e. The molecule has 1 amide bonds. The zero-order valence-electron chi connectivity index (χ0n) is 13.3. The molecule has 1 saturated carbocycles. The van der Waals surface area contributed by atoms with E-state index >= 15 is 0 Å². The summed E-state index contributed by atoms with van der Waals surface area (Å²) in [4.78, 5) is 35.6. The van der Waals surface area contributed by atoms with Crippen LogP contribution in [0.4, 0.5) is 0 Å². The highest BCUT2D eigenvalue weighted by Crippen LogP contribution is 2.23. The van der Waals surface area contributed by atoms with Crippen molar-refractivity contribution in [3.63, 3.8) is 0 Å². The molecule has 1 fully saturated rings. The lowest BCUT2D eigenvalue weighted by Gasteiger charge is -2.29. The van der Waals surface area contributed by atoms with E-state index in [4.69, 9.17) is 0 Å². The van der Waals surface area contributed by atoms with Gasteiger partial charge in [0.15, 0.2) is 0 Å². The molecule has 1 aromatic heterocycles. The summed E-state index contributed by atoms with van der Waals surface area (Å²) in [5.41, 5.74) is -0.475. The van der Waals surface area contributed by atoms with E-state index in [0.29, 0.717) is 11.5 Å². The molecule has 120 valence electrons. The summed E-state index contributed by atoms with van der Waals surface area (Å²) in [5.74, 6) is 0.283. The van der Waals surface area contributed by atoms with Crippen LogP contribution >= 0.6 is 0 Å². The Hall–Kier alpha value is -2.11. The predicted octanol–water partition coefficient (Wildman–Crippen LogP) is 0.792. The van der Waals surface area contributed by atoms with Gasteiger partial charge < -0.3 is 9.88 Å². The van der Waals surface area contributed by atoms with Crippen LogP contribution in [-0.2, 0) is 18.9 Å². The smallest absolute Gasteiger partial charge is 0.330 e. The maximum atomic E-state index is 12.0. The zero-order valence-corrected chi connectivity index (χ0v) is 13.3. The summed E-state index contributed by atoms with van der Waals surface area (Å²) in [5, 5.41) is 3.00. The van der Waals surface area contributed by atoms with Crippen LogP contribution in [0.1, 0.15) is 38.2 Å². The van der Waals surface area contributed by atoms with Gasteiger partial charge in [0.2, 0.25) is 5.91 Å². The van der Waals surface area contributed by atoms with E-state index in [9.17, 15) is 14.4 Å². The molecular formula is C16H23N3O3. The number of amides is 1. The van der Waals surface area contributed by atoms with Crippen LogP contribution < -0.4 is 16.6 Å². The van der Waals surface area contributed by atoms with E-state index in [1.807, 2.05) is 0 Å². The Morgan fingerprint density at radius 2 is 1.95 bits per heavy atom. The molecule has 6 nitrogen and oxygen atoms in total. The molecule has 0 saturated heterocycles. The average Bonchev–Trinajstić information content (AvgIpc) is 2.50. The van der Waals surface area contributed by atoms with E-state index in [1.165, 1.54) is 36.4 Å². The molecule has 1 aliphatic carbocycles. The van der Waals surface area contributed by atoms with Gasteiger partial charge in [-0.25, -0.2) is 4.79 Å². The van der Waals surface area contributed by atoms with E-state index in [-0.39, 0.29) is 17.6 Å². The third kappa shape index (κ3) is 3.55. The van der Waals surface area contributed by atoms with Gasteiger partial charge in [0.25, 0.3) is 5.56 Å². The maximum Gasteiger partial charge on any atom is 0.330 e. The number of rotatable bonds is 3. The Labute approximate surface area is 129 Å². The van der Waals surface area contributed by atoms with Crippen molar-refractivity contribution in [3.05, 3.63) is 38.7 Å². The highest BCUT2D eigenvalue weighted by molar-refractivity contribution is 5.91. The van der Waals surface area contributed by atoms with Gasteiger partial charge in [-0.2, -0.15) is 0 Å². The molecule has 2 atom stereocenters. The first-order valence-corrected chi connectivity index (χ1v) is 7.65. The van der Waals surface area contributed by atoms with Gasteiger partial charge in [-0.15, -0.1) is 0 Å². The summed E-state index contributed by atoms with van der Waals surface area (Å²) >= 11 is 0. The second-order valence-electron chi connectivity index (χ2n) is 6.05. The minimum Gasteiger partial charge on any atom is -0.350 e. The molecule has 0 aromatic carbocycles. The first kappa shape index (κ1) is 16.3. The Kier molecular flexibility index (Phi) is 5.00. The van der Waals surface area contributed by atoms with Gasteiger partial charge in [-0.1, -0.05) is 19.8 Å². The highest BCUT2D eigenvalue weighted by atomic mass is 16.2. The molecule has 1 heterocycles. The Morgan fingerprint density at radius 1 is 1.27 bits per heavy atom. The fraction of sp³-hybridized carbons (Fsp3) is 0.562. The Balaban J connectivity index is 2.10. The van der Waals surface area contributed by atoms with Crippen LogP contribution in [0.25, 0.3) is 6.08 Å². The zero-order chi connectivity index (χ0) is 16.3. The second kappa shape index (κ2) is 6.77. The minimum atomic E-state index is -0.404. The number of carbonyl (C=O) groups excluding carboxylic acids is 1. The van der Waals surface area contributed by atoms with Crippen LogP contribution in [0.15, 0.2) is 21.9 Å². The standard InChI is InChI=1S/C16H23N3O3/c1-11-6-4-5-7-13(11)17-14(20)9-8-12-10-18(2)16(22)19(3)15(12)21/h8-11,13H,4-7H2,1-3H3,(H,17,20)/b9-8+. The van der Waals surface area contributed by atoms with E-state index in [1.54, 1.807) is 7.05 Å². The fourth-order valence-electron chi connectivity index (χ4n) is 2.88. The summed E-state index contributed by atoms with van der Waals surface area (Å²) < 4.78 is 2.35. The lowest BCUT2D eigenvalue weighted by Crippen LogP contribution is -2.40. The van der Waals surface area contributed by atoms with Gasteiger partial charge in [0.1, 0.15) is 0 Å². The van der Waals surface area contributed by atoms with Gasteiger partial charge in [-0.05, 0) is 24.8 Å². The highest BCUT2D eigenvalue weighted by Gasteiger charge is 2.21. The molecule has 6 heteroatoms. The van der Waals surface area contributed by atoms with Crippen LogP contribution in [0.2, 0.25) is 0 Å². The van der Waals surface area contributed by atoms with Gasteiger partial charge in [0.05, 0.1) is 5.56 Å². The van der Waals surface area contributed by atoms with Crippen LogP contribution in [0.3, 0.4) is 0 Å². The van der Waals surface area contributed by atoms with Crippen molar-refractivity contribution in [2.45, 2.75) is 38.6 Å². The second-order valence-corrected chi connectivity index (χ2v) is 6.05. The molecule has 1 N–H and O–H groups in total. The predicted molar refractivity (Wildman–Crippen MR) is 85.5 cm³/mol. The van der Waals surface area contributed by atoms with Crippen molar-refractivity contribution >= 4 is 12.0 Å².